The second kappa shape index (κ2) is 3.47. The van der Waals surface area contributed by atoms with E-state index in [1.165, 1.54) is 0 Å². The summed E-state index contributed by atoms with van der Waals surface area (Å²) in [6.07, 6.45) is 3.50. The minimum atomic E-state index is -2.88. The van der Waals surface area contributed by atoms with Gasteiger partial charge in [0.25, 0.3) is 0 Å². The maximum atomic E-state index is 11.3. The van der Waals surface area contributed by atoms with Crippen LogP contribution in [0.3, 0.4) is 0 Å². The molecule has 1 heterocycles. The van der Waals surface area contributed by atoms with Gasteiger partial charge in [0.2, 0.25) is 0 Å². The van der Waals surface area contributed by atoms with Crippen LogP contribution in [-0.4, -0.2) is 31.0 Å². The molecule has 0 amide bonds. The van der Waals surface area contributed by atoms with Crippen molar-refractivity contribution in [2.24, 2.45) is 11.3 Å². The monoisotopic (exact) mass is 232 g/mol. The van der Waals surface area contributed by atoms with Crippen molar-refractivity contribution in [1.82, 2.24) is 0 Å². The summed E-state index contributed by atoms with van der Waals surface area (Å²) < 4.78 is 22.5. The van der Waals surface area contributed by atoms with Crippen LogP contribution < -0.4 is 0 Å². The van der Waals surface area contributed by atoms with Crippen LogP contribution in [-0.2, 0) is 14.6 Å². The van der Waals surface area contributed by atoms with E-state index in [4.69, 9.17) is 0 Å². The number of carboxylic acids is 1. The number of sulfone groups is 1. The van der Waals surface area contributed by atoms with Gasteiger partial charge in [0.1, 0.15) is 9.84 Å². The zero-order valence-electron chi connectivity index (χ0n) is 8.61. The Hall–Kier alpha value is -0.580. The van der Waals surface area contributed by atoms with E-state index >= 15 is 0 Å². The van der Waals surface area contributed by atoms with Gasteiger partial charge in [-0.1, -0.05) is 6.42 Å². The van der Waals surface area contributed by atoms with E-state index in [2.05, 4.69) is 0 Å². The summed E-state index contributed by atoms with van der Waals surface area (Å²) in [5, 5.41) is 9.22. The molecule has 0 unspecified atom stereocenters. The molecule has 86 valence electrons. The molecule has 1 saturated heterocycles. The van der Waals surface area contributed by atoms with Gasteiger partial charge in [-0.3, -0.25) is 4.79 Å². The molecule has 0 aromatic rings. The molecule has 1 saturated carbocycles. The Balaban J connectivity index is 2.09. The zero-order chi connectivity index (χ0) is 11.1. The minimum absolute atomic E-state index is 0.0762. The third kappa shape index (κ3) is 1.77. The van der Waals surface area contributed by atoms with Crippen molar-refractivity contribution in [3.63, 3.8) is 0 Å². The van der Waals surface area contributed by atoms with Crippen LogP contribution in [0, 0.1) is 11.3 Å². The van der Waals surface area contributed by atoms with Gasteiger partial charge in [-0.15, -0.1) is 0 Å². The van der Waals surface area contributed by atoms with E-state index in [0.717, 1.165) is 19.3 Å². The SMILES string of the molecule is O=C(O)C1(C2CCS(=O)(=O)CC2)CCC1. The lowest BCUT2D eigenvalue weighted by molar-refractivity contribution is -0.160. The highest BCUT2D eigenvalue weighted by Gasteiger charge is 2.51. The first-order valence-corrected chi connectivity index (χ1v) is 7.22. The molecule has 1 aliphatic carbocycles. The summed E-state index contributed by atoms with van der Waals surface area (Å²) in [6.45, 7) is 0. The molecule has 0 radical (unpaired) electrons. The van der Waals surface area contributed by atoms with Crippen LogP contribution in [0.25, 0.3) is 0 Å². The van der Waals surface area contributed by atoms with Crippen molar-refractivity contribution in [2.75, 3.05) is 11.5 Å². The van der Waals surface area contributed by atoms with Crippen LogP contribution in [0.5, 0.6) is 0 Å². The smallest absolute Gasteiger partial charge is 0.309 e. The molecular weight excluding hydrogens is 216 g/mol. The summed E-state index contributed by atoms with van der Waals surface area (Å²) in [5.74, 6) is -0.301. The number of hydrogen-bond acceptors (Lipinski definition) is 3. The quantitative estimate of drug-likeness (QED) is 0.773. The molecule has 15 heavy (non-hydrogen) atoms. The third-order valence-electron chi connectivity index (χ3n) is 4.01. The van der Waals surface area contributed by atoms with Crippen molar-refractivity contribution >= 4 is 15.8 Å². The first kappa shape index (κ1) is 10.9. The Morgan fingerprint density at radius 3 is 2.07 bits per heavy atom. The molecule has 2 rings (SSSR count). The van der Waals surface area contributed by atoms with Crippen LogP contribution in [0.15, 0.2) is 0 Å². The topological polar surface area (TPSA) is 71.4 Å². The van der Waals surface area contributed by atoms with Gasteiger partial charge in [0.15, 0.2) is 0 Å². The Labute approximate surface area is 89.6 Å². The van der Waals surface area contributed by atoms with E-state index in [1.807, 2.05) is 0 Å². The van der Waals surface area contributed by atoms with Gasteiger partial charge in [-0.05, 0) is 31.6 Å². The van der Waals surface area contributed by atoms with E-state index in [0.29, 0.717) is 12.8 Å². The highest BCUT2D eigenvalue weighted by atomic mass is 32.2. The van der Waals surface area contributed by atoms with Gasteiger partial charge in [0, 0.05) is 0 Å². The van der Waals surface area contributed by atoms with Crippen LogP contribution >= 0.6 is 0 Å². The largest absolute Gasteiger partial charge is 0.481 e. The molecule has 0 spiro atoms. The van der Waals surface area contributed by atoms with E-state index in [1.54, 1.807) is 0 Å². The Kier molecular flexibility index (Phi) is 2.53. The third-order valence-corrected chi connectivity index (χ3v) is 5.72. The predicted octanol–water partition coefficient (Wildman–Crippen LogP) is 1.07. The second-order valence-electron chi connectivity index (χ2n) is 4.74. The summed E-state index contributed by atoms with van der Waals surface area (Å²) in [7, 11) is -2.88. The Bertz CT molecular complexity index is 353. The number of rotatable bonds is 2. The lowest BCUT2D eigenvalue weighted by Gasteiger charge is -2.45. The van der Waals surface area contributed by atoms with Gasteiger partial charge < -0.3 is 5.11 Å². The Morgan fingerprint density at radius 1 is 1.20 bits per heavy atom. The molecule has 1 aliphatic heterocycles. The summed E-state index contributed by atoms with van der Waals surface area (Å²) in [4.78, 5) is 11.2. The van der Waals surface area contributed by atoms with Gasteiger partial charge in [-0.2, -0.15) is 0 Å². The van der Waals surface area contributed by atoms with Gasteiger partial charge in [0.05, 0.1) is 16.9 Å². The number of carbonyl (C=O) groups is 1. The molecule has 5 heteroatoms. The van der Waals surface area contributed by atoms with Crippen molar-refractivity contribution in [3.05, 3.63) is 0 Å². The fourth-order valence-electron chi connectivity index (χ4n) is 2.80. The molecule has 2 fully saturated rings. The second-order valence-corrected chi connectivity index (χ2v) is 7.04. The lowest BCUT2D eigenvalue weighted by Crippen LogP contribution is -2.47. The molecule has 2 aliphatic rings. The van der Waals surface area contributed by atoms with E-state index < -0.39 is 21.2 Å². The standard InChI is InChI=1S/C10H16O4S/c11-9(12)10(4-1-5-10)8-2-6-15(13,14)7-3-8/h8H,1-7H2,(H,11,12). The average molecular weight is 232 g/mol. The molecule has 0 aromatic carbocycles. The van der Waals surface area contributed by atoms with Crippen molar-refractivity contribution < 1.29 is 18.3 Å². The van der Waals surface area contributed by atoms with E-state index in [-0.39, 0.29) is 17.4 Å². The van der Waals surface area contributed by atoms with Crippen LogP contribution in [0.4, 0.5) is 0 Å². The number of carboxylic acid groups (broad SMARTS) is 1. The highest BCUT2D eigenvalue weighted by molar-refractivity contribution is 7.91. The van der Waals surface area contributed by atoms with Crippen LogP contribution in [0.1, 0.15) is 32.1 Å². The highest BCUT2D eigenvalue weighted by Crippen LogP contribution is 2.51. The fraction of sp³-hybridized carbons (Fsp3) is 0.900. The number of aliphatic carboxylic acids is 1. The van der Waals surface area contributed by atoms with E-state index in [9.17, 15) is 18.3 Å². The maximum Gasteiger partial charge on any atom is 0.309 e. The summed E-state index contributed by atoms with van der Waals surface area (Å²) in [5.41, 5.74) is -0.587. The first-order valence-electron chi connectivity index (χ1n) is 5.40. The first-order chi connectivity index (χ1) is 6.96. The summed E-state index contributed by atoms with van der Waals surface area (Å²) in [6, 6.07) is 0. The summed E-state index contributed by atoms with van der Waals surface area (Å²) >= 11 is 0. The molecular formula is C10H16O4S. The van der Waals surface area contributed by atoms with Crippen LogP contribution in [0.2, 0.25) is 0 Å². The van der Waals surface area contributed by atoms with Crippen molar-refractivity contribution in [2.45, 2.75) is 32.1 Å². The van der Waals surface area contributed by atoms with Gasteiger partial charge in [-0.25, -0.2) is 8.42 Å². The molecule has 1 N–H and O–H groups in total. The normalized spacial score (nSPS) is 29.3. The van der Waals surface area contributed by atoms with Crippen molar-refractivity contribution in [1.29, 1.82) is 0 Å². The number of hydrogen-bond donors (Lipinski definition) is 1. The molecule has 0 atom stereocenters. The molecule has 0 bridgehead atoms. The van der Waals surface area contributed by atoms with Gasteiger partial charge >= 0.3 is 5.97 Å². The average Bonchev–Trinajstić information content (AvgIpc) is 2.05. The predicted molar refractivity (Wildman–Crippen MR) is 55.3 cm³/mol. The minimum Gasteiger partial charge on any atom is -0.481 e. The molecule has 4 nitrogen and oxygen atoms in total. The zero-order valence-corrected chi connectivity index (χ0v) is 9.42. The Morgan fingerprint density at radius 2 is 1.73 bits per heavy atom. The lowest BCUT2D eigenvalue weighted by atomic mass is 9.59. The maximum absolute atomic E-state index is 11.3. The fourth-order valence-corrected chi connectivity index (χ4v) is 4.29. The molecule has 0 aromatic heterocycles. The van der Waals surface area contributed by atoms with Crippen molar-refractivity contribution in [3.8, 4) is 0 Å².